The molecule has 0 saturated carbocycles. The van der Waals surface area contributed by atoms with Gasteiger partial charge in [-0.3, -0.25) is 9.59 Å². The van der Waals surface area contributed by atoms with Gasteiger partial charge in [-0.2, -0.15) is 0 Å². The highest BCUT2D eigenvalue weighted by atomic mass is 16.3. The second-order valence-electron chi connectivity index (χ2n) is 5.42. The van der Waals surface area contributed by atoms with E-state index in [4.69, 9.17) is 0 Å². The van der Waals surface area contributed by atoms with Gasteiger partial charge < -0.3 is 15.3 Å². The zero-order valence-electron chi connectivity index (χ0n) is 11.7. The van der Waals surface area contributed by atoms with Crippen molar-refractivity contribution in [3.05, 3.63) is 64.7 Å². The number of phenolic OH excluding ortho intramolecular Hbond substituents is 3. The summed E-state index contributed by atoms with van der Waals surface area (Å²) in [6.45, 7) is 0. The second kappa shape index (κ2) is 4.33. The van der Waals surface area contributed by atoms with Crippen LogP contribution in [-0.4, -0.2) is 26.9 Å². The van der Waals surface area contributed by atoms with Gasteiger partial charge in [-0.15, -0.1) is 0 Å². The second-order valence-corrected chi connectivity index (χ2v) is 5.42. The third-order valence-electron chi connectivity index (χ3n) is 4.10. The molecule has 0 aliphatic heterocycles. The number of benzene rings is 3. The Balaban J connectivity index is 2.08. The Morgan fingerprint density at radius 2 is 1.22 bits per heavy atom. The van der Waals surface area contributed by atoms with E-state index in [1.807, 2.05) is 24.3 Å². The molecule has 0 radical (unpaired) electrons. The lowest BCUT2D eigenvalue weighted by molar-refractivity contribution is 0.0976. The average molecular weight is 306 g/mol. The molecule has 5 heteroatoms. The van der Waals surface area contributed by atoms with E-state index in [-0.39, 0.29) is 22.3 Å². The first kappa shape index (κ1) is 13.3. The lowest BCUT2D eigenvalue weighted by Gasteiger charge is -2.20. The lowest BCUT2D eigenvalue weighted by Crippen LogP contribution is -2.21. The molecule has 0 spiro atoms. The molecule has 1 aliphatic carbocycles. The van der Waals surface area contributed by atoms with Gasteiger partial charge >= 0.3 is 0 Å². The van der Waals surface area contributed by atoms with Gasteiger partial charge in [0.25, 0.3) is 0 Å². The van der Waals surface area contributed by atoms with Crippen molar-refractivity contribution >= 4 is 22.3 Å². The van der Waals surface area contributed by atoms with E-state index in [0.717, 1.165) is 16.8 Å². The van der Waals surface area contributed by atoms with Crippen molar-refractivity contribution in [2.75, 3.05) is 0 Å². The summed E-state index contributed by atoms with van der Waals surface area (Å²) in [6.07, 6.45) is 0. The van der Waals surface area contributed by atoms with Crippen LogP contribution in [0.1, 0.15) is 31.8 Å². The van der Waals surface area contributed by atoms with Crippen molar-refractivity contribution in [2.24, 2.45) is 0 Å². The summed E-state index contributed by atoms with van der Waals surface area (Å²) in [7, 11) is 0. The fraction of sp³-hybridized carbons (Fsp3) is 0. The van der Waals surface area contributed by atoms with Gasteiger partial charge in [0.2, 0.25) is 5.75 Å². The van der Waals surface area contributed by atoms with Gasteiger partial charge in [0, 0.05) is 16.7 Å². The van der Waals surface area contributed by atoms with Crippen LogP contribution in [0.4, 0.5) is 0 Å². The van der Waals surface area contributed by atoms with E-state index in [9.17, 15) is 24.9 Å². The predicted molar refractivity (Wildman–Crippen MR) is 82.2 cm³/mol. The van der Waals surface area contributed by atoms with Crippen LogP contribution in [0.3, 0.4) is 0 Å². The minimum absolute atomic E-state index is 0.120. The van der Waals surface area contributed by atoms with Crippen molar-refractivity contribution < 1.29 is 24.9 Å². The van der Waals surface area contributed by atoms with Gasteiger partial charge in [0.05, 0.1) is 5.56 Å². The lowest BCUT2D eigenvalue weighted by atomic mass is 9.82. The van der Waals surface area contributed by atoms with Gasteiger partial charge in [0.15, 0.2) is 23.1 Å². The van der Waals surface area contributed by atoms with Crippen LogP contribution < -0.4 is 0 Å². The van der Waals surface area contributed by atoms with Crippen LogP contribution in [0.5, 0.6) is 17.2 Å². The standard InChI is InChI=1S/C18H10O5/c19-13-7-12-14(18(23)17(13)22)16(21)11-6-9-4-2-1-3-8(9)5-10(11)15(12)20/h1-7,19,22-23H. The van der Waals surface area contributed by atoms with Crippen LogP contribution in [0.15, 0.2) is 42.5 Å². The molecular weight excluding hydrogens is 296 g/mol. The summed E-state index contributed by atoms with van der Waals surface area (Å²) in [4.78, 5) is 25.3. The van der Waals surface area contributed by atoms with Crippen LogP contribution in [-0.2, 0) is 0 Å². The highest BCUT2D eigenvalue weighted by Gasteiger charge is 2.34. The summed E-state index contributed by atoms with van der Waals surface area (Å²) in [6, 6.07) is 11.5. The fourth-order valence-electron chi connectivity index (χ4n) is 2.95. The first-order chi connectivity index (χ1) is 11.0. The van der Waals surface area contributed by atoms with E-state index in [0.29, 0.717) is 0 Å². The molecule has 3 N–H and O–H groups in total. The monoisotopic (exact) mass is 306 g/mol. The average Bonchev–Trinajstić information content (AvgIpc) is 2.56. The van der Waals surface area contributed by atoms with Crippen molar-refractivity contribution in [3.63, 3.8) is 0 Å². The van der Waals surface area contributed by atoms with Crippen LogP contribution >= 0.6 is 0 Å². The number of rotatable bonds is 0. The quantitative estimate of drug-likeness (QED) is 0.434. The van der Waals surface area contributed by atoms with Crippen LogP contribution in [0, 0.1) is 0 Å². The zero-order valence-corrected chi connectivity index (χ0v) is 11.7. The number of hydrogen-bond donors (Lipinski definition) is 3. The first-order valence-corrected chi connectivity index (χ1v) is 6.89. The van der Waals surface area contributed by atoms with Crippen LogP contribution in [0.2, 0.25) is 0 Å². The Bertz CT molecular complexity index is 1030. The van der Waals surface area contributed by atoms with Gasteiger partial charge in [-0.05, 0) is 29.0 Å². The molecule has 0 saturated heterocycles. The van der Waals surface area contributed by atoms with E-state index in [1.165, 1.54) is 0 Å². The van der Waals surface area contributed by atoms with Crippen molar-refractivity contribution in [2.45, 2.75) is 0 Å². The molecule has 0 unspecified atom stereocenters. The maximum atomic E-state index is 12.7. The molecule has 0 heterocycles. The number of aromatic hydroxyl groups is 3. The summed E-state index contributed by atoms with van der Waals surface area (Å²) in [5.74, 6) is -3.28. The van der Waals surface area contributed by atoms with E-state index >= 15 is 0 Å². The minimum Gasteiger partial charge on any atom is -0.504 e. The highest BCUT2D eigenvalue weighted by Crippen LogP contribution is 2.43. The first-order valence-electron chi connectivity index (χ1n) is 6.89. The van der Waals surface area contributed by atoms with Gasteiger partial charge in [-0.25, -0.2) is 0 Å². The Labute approximate surface area is 130 Å². The third kappa shape index (κ3) is 1.67. The molecule has 0 aromatic heterocycles. The van der Waals surface area contributed by atoms with E-state index in [1.54, 1.807) is 12.1 Å². The molecule has 4 rings (SSSR count). The summed E-state index contributed by atoms with van der Waals surface area (Å²) in [5.41, 5.74) is -0.0223. The van der Waals surface area contributed by atoms with Gasteiger partial charge in [-0.1, -0.05) is 24.3 Å². The molecule has 5 nitrogen and oxygen atoms in total. The third-order valence-corrected chi connectivity index (χ3v) is 4.10. The van der Waals surface area contributed by atoms with Crippen molar-refractivity contribution in [1.82, 2.24) is 0 Å². The smallest absolute Gasteiger partial charge is 0.201 e. The number of fused-ring (bicyclic) bond motifs is 3. The van der Waals surface area contributed by atoms with E-state index < -0.39 is 28.8 Å². The Kier molecular flexibility index (Phi) is 2.51. The largest absolute Gasteiger partial charge is 0.504 e. The molecule has 0 bridgehead atoms. The molecule has 0 amide bonds. The SMILES string of the molecule is O=C1c2cc3ccccc3cc2C(=O)c2c1cc(O)c(O)c2O. The van der Waals surface area contributed by atoms with Crippen LogP contribution in [0.25, 0.3) is 10.8 Å². The van der Waals surface area contributed by atoms with Crippen molar-refractivity contribution in [1.29, 1.82) is 0 Å². The predicted octanol–water partition coefficient (Wildman–Crippen LogP) is 2.73. The molecule has 23 heavy (non-hydrogen) atoms. The molecule has 0 fully saturated rings. The number of hydrogen-bond acceptors (Lipinski definition) is 5. The highest BCUT2D eigenvalue weighted by molar-refractivity contribution is 6.30. The molecule has 3 aromatic carbocycles. The Morgan fingerprint density at radius 3 is 1.83 bits per heavy atom. The van der Waals surface area contributed by atoms with Gasteiger partial charge in [0.1, 0.15) is 0 Å². The normalized spacial score (nSPS) is 13.0. The number of phenols is 3. The van der Waals surface area contributed by atoms with E-state index in [2.05, 4.69) is 0 Å². The topological polar surface area (TPSA) is 94.8 Å². The molecular formula is C18H10O5. The molecule has 112 valence electrons. The molecule has 1 aliphatic rings. The maximum absolute atomic E-state index is 12.7. The number of carbonyl (C=O) groups excluding carboxylic acids is 2. The van der Waals surface area contributed by atoms with Crippen molar-refractivity contribution in [3.8, 4) is 17.2 Å². The zero-order chi connectivity index (χ0) is 16.3. The Morgan fingerprint density at radius 1 is 0.652 bits per heavy atom. The Hall–Kier alpha value is -3.34. The summed E-state index contributed by atoms with van der Waals surface area (Å²) < 4.78 is 0. The maximum Gasteiger partial charge on any atom is 0.201 e. The molecule has 3 aromatic rings. The summed E-state index contributed by atoms with van der Waals surface area (Å²) in [5, 5.41) is 30.8. The number of ketones is 2. The number of carbonyl (C=O) groups is 2. The minimum atomic E-state index is -0.811. The molecule has 0 atom stereocenters. The fourth-order valence-corrected chi connectivity index (χ4v) is 2.95. The summed E-state index contributed by atoms with van der Waals surface area (Å²) >= 11 is 0.